The van der Waals surface area contributed by atoms with Crippen LogP contribution in [0.3, 0.4) is 0 Å². The molecule has 3 nitrogen and oxygen atoms in total. The molecular weight excluding hydrogens is 320 g/mol. The largest absolute Gasteiger partial charge is 0.457 e. The Labute approximate surface area is 127 Å². The second-order valence-corrected chi connectivity index (χ2v) is 6.05. The highest BCUT2D eigenvalue weighted by Gasteiger charge is 2.30. The van der Waals surface area contributed by atoms with Crippen LogP contribution >= 0.6 is 15.9 Å². The molecule has 0 fully saturated rings. The molecule has 0 saturated heterocycles. The van der Waals surface area contributed by atoms with Crippen molar-refractivity contribution in [2.45, 2.75) is 32.0 Å². The first-order chi connectivity index (χ1) is 9.39. The highest BCUT2D eigenvalue weighted by molar-refractivity contribution is 9.10. The summed E-state index contributed by atoms with van der Waals surface area (Å²) in [6.07, 6.45) is 3.85. The van der Waals surface area contributed by atoms with E-state index in [1.165, 1.54) is 6.08 Å². The van der Waals surface area contributed by atoms with Gasteiger partial charge in [-0.2, -0.15) is 0 Å². The van der Waals surface area contributed by atoms with E-state index in [1.807, 2.05) is 30.3 Å². The van der Waals surface area contributed by atoms with Gasteiger partial charge in [0.15, 0.2) is 0 Å². The number of cyclic esters (lactones) is 1. The number of halogens is 1. The zero-order valence-corrected chi connectivity index (χ0v) is 13.1. The summed E-state index contributed by atoms with van der Waals surface area (Å²) in [6.45, 7) is 7.32. The van der Waals surface area contributed by atoms with Crippen LogP contribution in [0, 0.1) is 0 Å². The summed E-state index contributed by atoms with van der Waals surface area (Å²) in [5.41, 5.74) is 1.13. The van der Waals surface area contributed by atoms with Gasteiger partial charge in [-0.1, -0.05) is 34.1 Å². The number of carbonyl (C=O) groups excluding carboxylic acids is 1. The Bertz CT molecular complexity index is 543. The maximum absolute atomic E-state index is 11.5. The quantitative estimate of drug-likeness (QED) is 0.607. The molecule has 1 aromatic carbocycles. The van der Waals surface area contributed by atoms with Crippen LogP contribution in [0.5, 0.6) is 0 Å². The molecular formula is C16H17BrO3. The van der Waals surface area contributed by atoms with Crippen molar-refractivity contribution in [3.05, 3.63) is 58.8 Å². The Morgan fingerprint density at radius 3 is 2.50 bits per heavy atom. The molecule has 1 aliphatic rings. The number of carbonyl (C=O) groups is 1. The second kappa shape index (κ2) is 5.83. The molecule has 0 radical (unpaired) electrons. The van der Waals surface area contributed by atoms with Crippen LogP contribution in [-0.4, -0.2) is 11.8 Å². The van der Waals surface area contributed by atoms with Gasteiger partial charge in [0.2, 0.25) is 5.79 Å². The van der Waals surface area contributed by atoms with Gasteiger partial charge in [-0.25, -0.2) is 4.79 Å². The van der Waals surface area contributed by atoms with Crippen molar-refractivity contribution >= 4 is 21.9 Å². The number of ether oxygens (including phenoxy) is 2. The van der Waals surface area contributed by atoms with Crippen LogP contribution in [0.2, 0.25) is 0 Å². The molecule has 1 unspecified atom stereocenters. The Morgan fingerprint density at radius 2 is 1.95 bits per heavy atom. The van der Waals surface area contributed by atoms with Gasteiger partial charge in [0, 0.05) is 30.7 Å². The Kier molecular flexibility index (Phi) is 4.33. The van der Waals surface area contributed by atoms with Crippen molar-refractivity contribution in [2.24, 2.45) is 0 Å². The van der Waals surface area contributed by atoms with E-state index in [0.717, 1.165) is 10.0 Å². The highest BCUT2D eigenvalue weighted by Crippen LogP contribution is 2.31. The lowest BCUT2D eigenvalue weighted by atomic mass is 9.94. The van der Waals surface area contributed by atoms with Crippen LogP contribution in [-0.2, 0) is 14.3 Å². The van der Waals surface area contributed by atoms with E-state index in [1.54, 1.807) is 13.8 Å². The summed E-state index contributed by atoms with van der Waals surface area (Å²) in [4.78, 5) is 11.5. The third-order valence-electron chi connectivity index (χ3n) is 3.01. The number of rotatable bonds is 4. The van der Waals surface area contributed by atoms with E-state index >= 15 is 0 Å². The predicted molar refractivity (Wildman–Crippen MR) is 81.0 cm³/mol. The van der Waals surface area contributed by atoms with Gasteiger partial charge in [0.05, 0.1) is 6.08 Å². The Balaban J connectivity index is 2.16. The lowest BCUT2D eigenvalue weighted by Gasteiger charge is -2.31. The number of allylic oxidation sites excluding steroid dienone is 2. The lowest BCUT2D eigenvalue weighted by Crippen LogP contribution is -2.34. The number of hydrogen-bond acceptors (Lipinski definition) is 3. The second-order valence-electron chi connectivity index (χ2n) is 5.13. The Morgan fingerprint density at radius 1 is 1.30 bits per heavy atom. The lowest BCUT2D eigenvalue weighted by molar-refractivity contribution is -0.206. The molecule has 0 bridgehead atoms. The van der Waals surface area contributed by atoms with E-state index in [2.05, 4.69) is 22.5 Å². The fourth-order valence-electron chi connectivity index (χ4n) is 2.13. The average molecular weight is 337 g/mol. The summed E-state index contributed by atoms with van der Waals surface area (Å²) < 4.78 is 11.8. The zero-order valence-electron chi connectivity index (χ0n) is 11.6. The maximum Gasteiger partial charge on any atom is 0.337 e. The molecule has 20 heavy (non-hydrogen) atoms. The molecule has 1 atom stereocenters. The van der Waals surface area contributed by atoms with E-state index < -0.39 is 5.79 Å². The van der Waals surface area contributed by atoms with Crippen LogP contribution in [0.25, 0.3) is 0 Å². The molecule has 0 amide bonds. The topological polar surface area (TPSA) is 35.5 Å². The van der Waals surface area contributed by atoms with Crippen molar-refractivity contribution in [2.75, 3.05) is 0 Å². The van der Waals surface area contributed by atoms with Gasteiger partial charge in [-0.3, -0.25) is 0 Å². The predicted octanol–water partition coefficient (Wildman–Crippen LogP) is 4.30. The summed E-state index contributed by atoms with van der Waals surface area (Å²) in [5, 5.41) is 0. The molecule has 0 saturated carbocycles. The molecule has 106 valence electrons. The van der Waals surface area contributed by atoms with Crippen LogP contribution in [0.15, 0.2) is 53.2 Å². The fourth-order valence-corrected chi connectivity index (χ4v) is 2.40. The standard InChI is InChI=1S/C16H17BrO3/c1-4-11(12-5-7-13(17)8-6-12)9-14-10-15(18)20-16(2,3)19-14/h4-8,10-11H,1,9H2,2-3H3. The van der Waals surface area contributed by atoms with Gasteiger partial charge in [0.25, 0.3) is 0 Å². The van der Waals surface area contributed by atoms with Gasteiger partial charge in [-0.05, 0) is 17.7 Å². The normalized spacial score (nSPS) is 18.6. The van der Waals surface area contributed by atoms with Gasteiger partial charge < -0.3 is 9.47 Å². The zero-order chi connectivity index (χ0) is 14.8. The number of hydrogen-bond donors (Lipinski definition) is 0. The third-order valence-corrected chi connectivity index (χ3v) is 3.53. The van der Waals surface area contributed by atoms with Crippen LogP contribution in [0.4, 0.5) is 0 Å². The number of esters is 1. The van der Waals surface area contributed by atoms with E-state index in [9.17, 15) is 4.79 Å². The van der Waals surface area contributed by atoms with Crippen molar-refractivity contribution in [1.82, 2.24) is 0 Å². The molecule has 2 rings (SSSR count). The summed E-state index contributed by atoms with van der Waals surface area (Å²) in [7, 11) is 0. The monoisotopic (exact) mass is 336 g/mol. The van der Waals surface area contributed by atoms with Gasteiger partial charge in [0.1, 0.15) is 5.76 Å². The number of benzene rings is 1. The first-order valence-electron chi connectivity index (χ1n) is 6.40. The van der Waals surface area contributed by atoms with Crippen molar-refractivity contribution < 1.29 is 14.3 Å². The Hall–Kier alpha value is -1.55. The molecule has 1 aromatic rings. The van der Waals surface area contributed by atoms with E-state index in [-0.39, 0.29) is 11.9 Å². The van der Waals surface area contributed by atoms with Gasteiger partial charge >= 0.3 is 5.97 Å². The van der Waals surface area contributed by atoms with Gasteiger partial charge in [-0.15, -0.1) is 6.58 Å². The smallest absolute Gasteiger partial charge is 0.337 e. The van der Waals surface area contributed by atoms with Crippen LogP contribution < -0.4 is 0 Å². The summed E-state index contributed by atoms with van der Waals surface area (Å²) in [6, 6.07) is 8.03. The maximum atomic E-state index is 11.5. The molecule has 0 N–H and O–H groups in total. The minimum atomic E-state index is -0.910. The molecule has 4 heteroatoms. The molecule has 0 aliphatic carbocycles. The molecule has 0 aromatic heterocycles. The van der Waals surface area contributed by atoms with Crippen molar-refractivity contribution in [3.63, 3.8) is 0 Å². The van der Waals surface area contributed by atoms with E-state index in [0.29, 0.717) is 12.2 Å². The first kappa shape index (κ1) is 14.9. The highest BCUT2D eigenvalue weighted by atomic mass is 79.9. The molecule has 1 aliphatic heterocycles. The molecule has 0 spiro atoms. The first-order valence-corrected chi connectivity index (χ1v) is 7.19. The fraction of sp³-hybridized carbons (Fsp3) is 0.312. The molecule has 1 heterocycles. The third kappa shape index (κ3) is 3.73. The minimum absolute atomic E-state index is 0.0936. The summed E-state index contributed by atoms with van der Waals surface area (Å²) >= 11 is 3.41. The minimum Gasteiger partial charge on any atom is -0.457 e. The van der Waals surface area contributed by atoms with Crippen LogP contribution in [0.1, 0.15) is 31.7 Å². The van der Waals surface area contributed by atoms with Crippen molar-refractivity contribution in [3.8, 4) is 0 Å². The SMILES string of the molecule is C=CC(CC1=CC(=O)OC(C)(C)O1)c1ccc(Br)cc1. The average Bonchev–Trinajstić information content (AvgIpc) is 2.34. The van der Waals surface area contributed by atoms with Crippen molar-refractivity contribution in [1.29, 1.82) is 0 Å². The summed E-state index contributed by atoms with van der Waals surface area (Å²) in [5.74, 6) is -0.558. The van der Waals surface area contributed by atoms with E-state index in [4.69, 9.17) is 9.47 Å².